The van der Waals surface area contributed by atoms with E-state index in [0.717, 1.165) is 6.42 Å². The predicted octanol–water partition coefficient (Wildman–Crippen LogP) is 4.44. The van der Waals surface area contributed by atoms with Gasteiger partial charge in [0.2, 0.25) is 0 Å². The van der Waals surface area contributed by atoms with Gasteiger partial charge in [-0.05, 0) is 30.4 Å². The fourth-order valence-electron chi connectivity index (χ4n) is 1.35. The molecule has 0 aliphatic heterocycles. The third-order valence-corrected chi connectivity index (χ3v) is 3.51. The van der Waals surface area contributed by atoms with Crippen LogP contribution in [-0.2, 0) is 6.42 Å². The highest BCUT2D eigenvalue weighted by molar-refractivity contribution is 9.09. The van der Waals surface area contributed by atoms with Gasteiger partial charge < -0.3 is 0 Å². The second-order valence-corrected chi connectivity index (χ2v) is 4.78. The summed E-state index contributed by atoms with van der Waals surface area (Å²) in [7, 11) is 0. The molecule has 0 N–H and O–H groups in total. The summed E-state index contributed by atoms with van der Waals surface area (Å²) in [6.07, 6.45) is 5.44. The summed E-state index contributed by atoms with van der Waals surface area (Å²) >= 11 is 3.65. The smallest absolute Gasteiger partial charge is 0.0146 e. The molecule has 0 heterocycles. The number of aryl methyl sites for hydroxylation is 1. The van der Waals surface area contributed by atoms with Gasteiger partial charge in [0, 0.05) is 4.83 Å². The third-order valence-electron chi connectivity index (χ3n) is 2.40. The molecule has 1 rings (SSSR count). The first-order valence-electron chi connectivity index (χ1n) is 5.11. The molecular formula is C13H17Br. The van der Waals surface area contributed by atoms with Crippen LogP contribution in [0.15, 0.2) is 30.8 Å². The van der Waals surface area contributed by atoms with Gasteiger partial charge in [0.1, 0.15) is 0 Å². The Kier molecular flexibility index (Phi) is 4.95. The Hall–Kier alpha value is -0.560. The van der Waals surface area contributed by atoms with Gasteiger partial charge in [-0.2, -0.15) is 0 Å². The molecule has 14 heavy (non-hydrogen) atoms. The summed E-state index contributed by atoms with van der Waals surface area (Å²) in [5, 5.41) is 0. The van der Waals surface area contributed by atoms with Crippen molar-refractivity contribution < 1.29 is 0 Å². The zero-order valence-corrected chi connectivity index (χ0v) is 10.3. The lowest BCUT2D eigenvalue weighted by molar-refractivity contribution is 0.746. The van der Waals surface area contributed by atoms with Crippen LogP contribution < -0.4 is 0 Å². The molecule has 0 aliphatic rings. The molecule has 1 atom stereocenters. The summed E-state index contributed by atoms with van der Waals surface area (Å²) in [4.78, 5) is 0.654. The minimum atomic E-state index is 0.654. The van der Waals surface area contributed by atoms with E-state index in [0.29, 0.717) is 4.83 Å². The van der Waals surface area contributed by atoms with Gasteiger partial charge in [0.25, 0.3) is 0 Å². The minimum absolute atomic E-state index is 0.654. The van der Waals surface area contributed by atoms with Crippen molar-refractivity contribution in [3.63, 3.8) is 0 Å². The minimum Gasteiger partial charge on any atom is -0.0985 e. The van der Waals surface area contributed by atoms with Crippen molar-refractivity contribution in [2.24, 2.45) is 0 Å². The Morgan fingerprint density at radius 3 is 2.50 bits per heavy atom. The van der Waals surface area contributed by atoms with Crippen LogP contribution >= 0.6 is 15.9 Å². The standard InChI is InChI=1S/C13H17Br/c1-3-11-5-7-12(8-6-11)9-10-13(14)4-2/h3,5-8,13H,1,4,9-10H2,2H3. The molecule has 0 amide bonds. The number of hydrogen-bond donors (Lipinski definition) is 0. The van der Waals surface area contributed by atoms with Crippen LogP contribution in [0.3, 0.4) is 0 Å². The molecule has 0 bridgehead atoms. The van der Waals surface area contributed by atoms with Crippen molar-refractivity contribution in [1.82, 2.24) is 0 Å². The van der Waals surface area contributed by atoms with E-state index in [2.05, 4.69) is 53.7 Å². The molecule has 0 saturated heterocycles. The molecule has 1 heteroatoms. The molecular weight excluding hydrogens is 236 g/mol. The van der Waals surface area contributed by atoms with E-state index in [1.165, 1.54) is 24.0 Å². The number of rotatable bonds is 5. The monoisotopic (exact) mass is 252 g/mol. The van der Waals surface area contributed by atoms with Crippen LogP contribution in [-0.4, -0.2) is 4.83 Å². The van der Waals surface area contributed by atoms with Crippen LogP contribution in [0.4, 0.5) is 0 Å². The van der Waals surface area contributed by atoms with Crippen molar-refractivity contribution in [3.8, 4) is 0 Å². The summed E-state index contributed by atoms with van der Waals surface area (Å²) < 4.78 is 0. The van der Waals surface area contributed by atoms with Crippen LogP contribution in [0.25, 0.3) is 6.08 Å². The molecule has 1 aromatic rings. The van der Waals surface area contributed by atoms with Gasteiger partial charge in [-0.1, -0.05) is 59.8 Å². The highest BCUT2D eigenvalue weighted by atomic mass is 79.9. The summed E-state index contributed by atoms with van der Waals surface area (Å²) in [5.74, 6) is 0. The first kappa shape index (κ1) is 11.5. The maximum absolute atomic E-state index is 3.74. The average molecular weight is 253 g/mol. The fraction of sp³-hybridized carbons (Fsp3) is 0.385. The van der Waals surface area contributed by atoms with Crippen LogP contribution in [0.2, 0.25) is 0 Å². The van der Waals surface area contributed by atoms with Crippen molar-refractivity contribution in [1.29, 1.82) is 0 Å². The zero-order valence-electron chi connectivity index (χ0n) is 8.67. The topological polar surface area (TPSA) is 0 Å². The lowest BCUT2D eigenvalue weighted by atomic mass is 10.1. The third kappa shape index (κ3) is 3.67. The molecule has 0 radical (unpaired) electrons. The zero-order chi connectivity index (χ0) is 10.4. The number of halogens is 1. The Bertz CT molecular complexity index is 274. The molecule has 0 aliphatic carbocycles. The highest BCUT2D eigenvalue weighted by Gasteiger charge is 2.00. The maximum atomic E-state index is 3.74. The molecule has 0 nitrogen and oxygen atoms in total. The number of benzene rings is 1. The van der Waals surface area contributed by atoms with Crippen molar-refractivity contribution in [3.05, 3.63) is 42.0 Å². The Balaban J connectivity index is 2.47. The lowest BCUT2D eigenvalue weighted by Crippen LogP contribution is -1.97. The van der Waals surface area contributed by atoms with Gasteiger partial charge in [-0.25, -0.2) is 0 Å². The van der Waals surface area contributed by atoms with Crippen LogP contribution in [0, 0.1) is 0 Å². The van der Waals surface area contributed by atoms with E-state index in [-0.39, 0.29) is 0 Å². The molecule has 1 aromatic carbocycles. The number of hydrogen-bond acceptors (Lipinski definition) is 0. The predicted molar refractivity (Wildman–Crippen MR) is 67.9 cm³/mol. The average Bonchev–Trinajstić information content (AvgIpc) is 2.26. The Morgan fingerprint density at radius 2 is 2.00 bits per heavy atom. The quantitative estimate of drug-likeness (QED) is 0.681. The lowest BCUT2D eigenvalue weighted by Gasteiger charge is -2.06. The normalized spacial score (nSPS) is 12.4. The Labute approximate surface area is 95.2 Å². The second kappa shape index (κ2) is 6.02. The van der Waals surface area contributed by atoms with Crippen molar-refractivity contribution in [2.75, 3.05) is 0 Å². The van der Waals surface area contributed by atoms with Crippen LogP contribution in [0.5, 0.6) is 0 Å². The van der Waals surface area contributed by atoms with Crippen molar-refractivity contribution >= 4 is 22.0 Å². The SMILES string of the molecule is C=Cc1ccc(CCC(Br)CC)cc1. The summed E-state index contributed by atoms with van der Waals surface area (Å²) in [6, 6.07) is 8.62. The van der Waals surface area contributed by atoms with E-state index in [1.54, 1.807) is 0 Å². The van der Waals surface area contributed by atoms with E-state index in [1.807, 2.05) is 6.08 Å². The molecule has 1 unspecified atom stereocenters. The molecule has 0 fully saturated rings. The first-order valence-corrected chi connectivity index (χ1v) is 6.03. The van der Waals surface area contributed by atoms with E-state index in [4.69, 9.17) is 0 Å². The van der Waals surface area contributed by atoms with Gasteiger partial charge >= 0.3 is 0 Å². The largest absolute Gasteiger partial charge is 0.0985 e. The second-order valence-electron chi connectivity index (χ2n) is 3.49. The van der Waals surface area contributed by atoms with Gasteiger partial charge in [0.05, 0.1) is 0 Å². The Morgan fingerprint density at radius 1 is 1.36 bits per heavy atom. The molecule has 0 spiro atoms. The first-order chi connectivity index (χ1) is 6.76. The van der Waals surface area contributed by atoms with Gasteiger partial charge in [0.15, 0.2) is 0 Å². The maximum Gasteiger partial charge on any atom is 0.0146 e. The molecule has 0 saturated carbocycles. The van der Waals surface area contributed by atoms with E-state index < -0.39 is 0 Å². The highest BCUT2D eigenvalue weighted by Crippen LogP contribution is 2.14. The van der Waals surface area contributed by atoms with E-state index in [9.17, 15) is 0 Å². The van der Waals surface area contributed by atoms with Crippen LogP contribution in [0.1, 0.15) is 30.9 Å². The summed E-state index contributed by atoms with van der Waals surface area (Å²) in [5.41, 5.74) is 2.60. The summed E-state index contributed by atoms with van der Waals surface area (Å²) in [6.45, 7) is 5.95. The van der Waals surface area contributed by atoms with Gasteiger partial charge in [-0.15, -0.1) is 0 Å². The molecule has 0 aromatic heterocycles. The fourth-order valence-corrected chi connectivity index (χ4v) is 1.58. The van der Waals surface area contributed by atoms with Crippen molar-refractivity contribution in [2.45, 2.75) is 31.0 Å². The van der Waals surface area contributed by atoms with Gasteiger partial charge in [-0.3, -0.25) is 0 Å². The van der Waals surface area contributed by atoms with E-state index >= 15 is 0 Å². The molecule has 76 valence electrons. The number of alkyl halides is 1.